The Bertz CT molecular complexity index is 1310. The van der Waals surface area contributed by atoms with Gasteiger partial charge >= 0.3 is 5.69 Å². The molecule has 0 aliphatic heterocycles. The number of anilines is 2. The molecular formula is C23H24N6O4. The highest BCUT2D eigenvalue weighted by Crippen LogP contribution is 2.22. The molecule has 3 N–H and O–H groups in total. The molecule has 33 heavy (non-hydrogen) atoms. The highest BCUT2D eigenvalue weighted by molar-refractivity contribution is 5.62. The third kappa shape index (κ3) is 5.01. The molecule has 0 spiro atoms. The second kappa shape index (κ2) is 9.96. The number of ether oxygens (including phenoxy) is 1. The summed E-state index contributed by atoms with van der Waals surface area (Å²) in [5.41, 5.74) is 6.97. The Morgan fingerprint density at radius 2 is 1.76 bits per heavy atom. The molecule has 2 heterocycles. The molecule has 4 rings (SSSR count). The number of hydrogen-bond acceptors (Lipinski definition) is 8. The summed E-state index contributed by atoms with van der Waals surface area (Å²) in [6.45, 7) is 0.957. The van der Waals surface area contributed by atoms with Gasteiger partial charge in [-0.1, -0.05) is 48.5 Å². The molecule has 2 aromatic carbocycles. The van der Waals surface area contributed by atoms with Crippen LogP contribution in [0.2, 0.25) is 0 Å². The lowest BCUT2D eigenvalue weighted by molar-refractivity contribution is 0.204. The lowest BCUT2D eigenvalue weighted by Gasteiger charge is -2.24. The van der Waals surface area contributed by atoms with Gasteiger partial charge in [-0.3, -0.25) is 14.3 Å². The first-order chi connectivity index (χ1) is 16.1. The van der Waals surface area contributed by atoms with Crippen molar-refractivity contribution >= 4 is 11.5 Å². The lowest BCUT2D eigenvalue weighted by atomic mass is 10.2. The van der Waals surface area contributed by atoms with Crippen molar-refractivity contribution in [3.63, 3.8) is 0 Å². The molecule has 0 aliphatic rings. The first kappa shape index (κ1) is 22.0. The standard InChI is InChI=1S/C23H24N6O4/c1-32-13-12-28(15-18-26-27-22(33-18)17-10-6-3-7-11-17)19-20(24)29(23(31)25-21(19)30)14-16-8-4-2-5-9-16/h2-11H,12-15,24H2,1H3,(H,25,30,31). The minimum Gasteiger partial charge on any atom is -0.419 e. The van der Waals surface area contributed by atoms with Crippen molar-refractivity contribution in [2.75, 3.05) is 30.9 Å². The first-order valence-electron chi connectivity index (χ1n) is 10.3. The van der Waals surface area contributed by atoms with Crippen LogP contribution in [-0.4, -0.2) is 40.0 Å². The van der Waals surface area contributed by atoms with Crippen LogP contribution in [0.15, 0.2) is 74.7 Å². The van der Waals surface area contributed by atoms with Gasteiger partial charge < -0.3 is 19.8 Å². The monoisotopic (exact) mass is 448 g/mol. The molecule has 0 radical (unpaired) electrons. The van der Waals surface area contributed by atoms with Crippen molar-refractivity contribution in [3.05, 3.63) is 93.0 Å². The topological polar surface area (TPSA) is 132 Å². The molecule has 0 unspecified atom stereocenters. The van der Waals surface area contributed by atoms with Crippen LogP contribution in [0, 0.1) is 0 Å². The van der Waals surface area contributed by atoms with E-state index in [-0.39, 0.29) is 24.6 Å². The van der Waals surface area contributed by atoms with E-state index in [1.807, 2.05) is 60.7 Å². The number of benzene rings is 2. The number of aromatic amines is 1. The van der Waals surface area contributed by atoms with Crippen molar-refractivity contribution in [2.24, 2.45) is 0 Å². The summed E-state index contributed by atoms with van der Waals surface area (Å²) in [7, 11) is 1.56. The summed E-state index contributed by atoms with van der Waals surface area (Å²) in [5, 5.41) is 8.21. The number of nitrogens with zero attached hydrogens (tertiary/aromatic N) is 4. The molecule has 10 heteroatoms. The van der Waals surface area contributed by atoms with Crippen LogP contribution >= 0.6 is 0 Å². The highest BCUT2D eigenvalue weighted by atomic mass is 16.5. The fourth-order valence-corrected chi connectivity index (χ4v) is 3.46. The quantitative estimate of drug-likeness (QED) is 0.397. The Hall–Kier alpha value is -4.18. The molecule has 0 fully saturated rings. The Balaban J connectivity index is 1.68. The van der Waals surface area contributed by atoms with E-state index in [1.54, 1.807) is 12.0 Å². The van der Waals surface area contributed by atoms with Gasteiger partial charge in [0.1, 0.15) is 11.5 Å². The molecule has 0 saturated heterocycles. The Morgan fingerprint density at radius 3 is 2.45 bits per heavy atom. The predicted octanol–water partition coefficient (Wildman–Crippen LogP) is 1.87. The summed E-state index contributed by atoms with van der Waals surface area (Å²) in [6.07, 6.45) is 0. The summed E-state index contributed by atoms with van der Waals surface area (Å²) < 4.78 is 12.3. The Morgan fingerprint density at radius 1 is 1.06 bits per heavy atom. The van der Waals surface area contributed by atoms with Gasteiger partial charge in [0.25, 0.3) is 5.56 Å². The van der Waals surface area contributed by atoms with Crippen molar-refractivity contribution in [1.29, 1.82) is 0 Å². The summed E-state index contributed by atoms with van der Waals surface area (Å²) in [6, 6.07) is 18.7. The Kier molecular flexibility index (Phi) is 6.65. The van der Waals surface area contributed by atoms with E-state index in [2.05, 4.69) is 15.2 Å². The zero-order valence-corrected chi connectivity index (χ0v) is 18.1. The minimum atomic E-state index is -0.597. The average Bonchev–Trinajstić information content (AvgIpc) is 3.30. The number of methoxy groups -OCH3 is 1. The predicted molar refractivity (Wildman–Crippen MR) is 124 cm³/mol. The lowest BCUT2D eigenvalue weighted by Crippen LogP contribution is -2.39. The molecule has 0 bridgehead atoms. The van der Waals surface area contributed by atoms with Crippen molar-refractivity contribution in [1.82, 2.24) is 19.7 Å². The van der Waals surface area contributed by atoms with Crippen LogP contribution in [0.25, 0.3) is 11.5 Å². The van der Waals surface area contributed by atoms with Gasteiger partial charge in [0, 0.05) is 19.2 Å². The van der Waals surface area contributed by atoms with E-state index < -0.39 is 11.2 Å². The largest absolute Gasteiger partial charge is 0.419 e. The molecule has 0 amide bonds. The summed E-state index contributed by atoms with van der Waals surface area (Å²) >= 11 is 0. The maximum absolute atomic E-state index is 12.8. The van der Waals surface area contributed by atoms with Crippen LogP contribution < -0.4 is 21.9 Å². The smallest absolute Gasteiger partial charge is 0.330 e. The van der Waals surface area contributed by atoms with Crippen LogP contribution in [0.1, 0.15) is 11.5 Å². The number of nitrogen functional groups attached to an aromatic ring is 1. The zero-order valence-electron chi connectivity index (χ0n) is 18.1. The van der Waals surface area contributed by atoms with Crippen LogP contribution in [0.4, 0.5) is 11.5 Å². The second-order valence-electron chi connectivity index (χ2n) is 7.35. The second-order valence-corrected chi connectivity index (χ2v) is 7.35. The molecule has 4 aromatic rings. The van der Waals surface area contributed by atoms with E-state index in [1.165, 1.54) is 4.57 Å². The average molecular weight is 448 g/mol. The fraction of sp³-hybridized carbons (Fsp3) is 0.217. The molecule has 10 nitrogen and oxygen atoms in total. The third-order valence-electron chi connectivity index (χ3n) is 5.09. The number of hydrogen-bond donors (Lipinski definition) is 2. The molecule has 0 saturated carbocycles. The maximum atomic E-state index is 12.8. The molecule has 0 atom stereocenters. The van der Waals surface area contributed by atoms with E-state index in [0.717, 1.165) is 11.1 Å². The van der Waals surface area contributed by atoms with Gasteiger partial charge in [-0.2, -0.15) is 0 Å². The third-order valence-corrected chi connectivity index (χ3v) is 5.09. The molecule has 170 valence electrons. The fourth-order valence-electron chi connectivity index (χ4n) is 3.46. The van der Waals surface area contributed by atoms with Gasteiger partial charge in [0.15, 0.2) is 0 Å². The SMILES string of the molecule is COCCN(Cc1nnc(-c2ccccc2)o1)c1c(N)n(Cc2ccccc2)c(=O)[nH]c1=O. The van der Waals surface area contributed by atoms with Gasteiger partial charge in [-0.05, 0) is 17.7 Å². The molecular weight excluding hydrogens is 424 g/mol. The van der Waals surface area contributed by atoms with Gasteiger partial charge in [0.2, 0.25) is 11.8 Å². The van der Waals surface area contributed by atoms with Gasteiger partial charge in [-0.15, -0.1) is 10.2 Å². The minimum absolute atomic E-state index is 0.0477. The summed E-state index contributed by atoms with van der Waals surface area (Å²) in [5.74, 6) is 0.712. The number of aromatic nitrogens is 4. The van der Waals surface area contributed by atoms with E-state index >= 15 is 0 Å². The molecule has 0 aliphatic carbocycles. The van der Waals surface area contributed by atoms with E-state index in [0.29, 0.717) is 24.9 Å². The van der Waals surface area contributed by atoms with E-state index in [9.17, 15) is 9.59 Å². The van der Waals surface area contributed by atoms with Crippen molar-refractivity contribution < 1.29 is 9.15 Å². The number of nitrogens with one attached hydrogen (secondary N) is 1. The number of rotatable bonds is 9. The number of nitrogens with two attached hydrogens (primary N) is 1. The van der Waals surface area contributed by atoms with Gasteiger partial charge in [-0.25, -0.2) is 4.79 Å². The summed E-state index contributed by atoms with van der Waals surface area (Å²) in [4.78, 5) is 29.3. The van der Waals surface area contributed by atoms with Gasteiger partial charge in [0.05, 0.1) is 19.7 Å². The normalized spacial score (nSPS) is 10.9. The van der Waals surface area contributed by atoms with Crippen LogP contribution in [-0.2, 0) is 17.8 Å². The Labute approximate surface area is 189 Å². The highest BCUT2D eigenvalue weighted by Gasteiger charge is 2.21. The molecule has 2 aromatic heterocycles. The van der Waals surface area contributed by atoms with E-state index in [4.69, 9.17) is 14.9 Å². The van der Waals surface area contributed by atoms with Crippen LogP contribution in [0.3, 0.4) is 0 Å². The first-order valence-corrected chi connectivity index (χ1v) is 10.3. The zero-order chi connectivity index (χ0) is 23.2. The number of H-pyrrole nitrogens is 1. The maximum Gasteiger partial charge on any atom is 0.330 e. The van der Waals surface area contributed by atoms with Crippen LogP contribution in [0.5, 0.6) is 0 Å². The van der Waals surface area contributed by atoms with Crippen molar-refractivity contribution in [2.45, 2.75) is 13.1 Å². The van der Waals surface area contributed by atoms with Crippen molar-refractivity contribution in [3.8, 4) is 11.5 Å².